The van der Waals surface area contributed by atoms with Crippen LogP contribution in [-0.4, -0.2) is 68.8 Å². The Hall–Kier alpha value is -1.97. The molecule has 1 aromatic carbocycles. The third kappa shape index (κ3) is 4.50. The van der Waals surface area contributed by atoms with Gasteiger partial charge in [0.15, 0.2) is 6.29 Å². The van der Waals surface area contributed by atoms with Crippen LogP contribution in [0.3, 0.4) is 0 Å². The Balaban J connectivity index is 1.85. The van der Waals surface area contributed by atoms with Gasteiger partial charge >= 0.3 is 5.97 Å². The summed E-state index contributed by atoms with van der Waals surface area (Å²) < 4.78 is 9.74. The van der Waals surface area contributed by atoms with E-state index in [1.165, 1.54) is 18.2 Å². The van der Waals surface area contributed by atoms with Crippen LogP contribution in [-0.2, 0) is 14.3 Å². The topological polar surface area (TPSA) is 137 Å². The molecule has 0 radical (unpaired) electrons. The van der Waals surface area contributed by atoms with Crippen LogP contribution in [0.1, 0.15) is 5.56 Å². The fraction of sp³-hybridized carbons (Fsp3) is 0.400. The highest BCUT2D eigenvalue weighted by Gasteiger charge is 2.43. The second-order valence-electron chi connectivity index (χ2n) is 5.09. The number of aliphatic hydroxyl groups is 4. The number of esters is 1. The highest BCUT2D eigenvalue weighted by atomic mass is 16.6. The van der Waals surface area contributed by atoms with Gasteiger partial charge in [-0.1, -0.05) is 12.1 Å². The lowest BCUT2D eigenvalue weighted by atomic mass is 9.99. The molecule has 2 rings (SSSR count). The average Bonchev–Trinajstić information content (AvgIpc) is 2.54. The Kier molecular flexibility index (Phi) is 5.69. The van der Waals surface area contributed by atoms with Crippen LogP contribution in [0.15, 0.2) is 30.3 Å². The Morgan fingerprint density at radius 3 is 2.39 bits per heavy atom. The number of carbonyl (C=O) groups is 1. The van der Waals surface area contributed by atoms with E-state index in [0.29, 0.717) is 5.56 Å². The molecule has 0 amide bonds. The molecule has 126 valence electrons. The number of phenolic OH excluding ortho intramolecular Hbond substituents is 1. The molecule has 1 aliphatic heterocycles. The summed E-state index contributed by atoms with van der Waals surface area (Å²) in [7, 11) is 0. The van der Waals surface area contributed by atoms with Crippen molar-refractivity contribution >= 4 is 12.0 Å². The first-order chi connectivity index (χ1) is 10.9. The second-order valence-corrected chi connectivity index (χ2v) is 5.09. The molecule has 23 heavy (non-hydrogen) atoms. The fourth-order valence-corrected chi connectivity index (χ4v) is 2.03. The van der Waals surface area contributed by atoms with Gasteiger partial charge in [-0.05, 0) is 23.8 Å². The van der Waals surface area contributed by atoms with Crippen LogP contribution in [0.4, 0.5) is 0 Å². The van der Waals surface area contributed by atoms with E-state index in [2.05, 4.69) is 0 Å². The summed E-state index contributed by atoms with van der Waals surface area (Å²) in [5, 5.41) is 47.0. The van der Waals surface area contributed by atoms with E-state index >= 15 is 0 Å². The molecule has 0 bridgehead atoms. The third-order valence-corrected chi connectivity index (χ3v) is 3.38. The SMILES string of the molecule is O=C(/C=C/c1ccc(O)cc1)OC[C@H]1O[C@@H](O)[C@H](O)[C@@H](O)[C@@H]1O. The molecule has 1 fully saturated rings. The zero-order chi connectivity index (χ0) is 17.0. The minimum absolute atomic E-state index is 0.104. The highest BCUT2D eigenvalue weighted by molar-refractivity contribution is 5.87. The van der Waals surface area contributed by atoms with Gasteiger partial charge in [-0.2, -0.15) is 0 Å². The summed E-state index contributed by atoms with van der Waals surface area (Å²) in [5.74, 6) is -0.614. The van der Waals surface area contributed by atoms with Gasteiger partial charge in [-0.3, -0.25) is 0 Å². The van der Waals surface area contributed by atoms with Crippen molar-refractivity contribution in [3.8, 4) is 5.75 Å². The summed E-state index contributed by atoms with van der Waals surface area (Å²) in [5.41, 5.74) is 0.669. The Morgan fingerprint density at radius 1 is 1.09 bits per heavy atom. The zero-order valence-corrected chi connectivity index (χ0v) is 12.0. The van der Waals surface area contributed by atoms with E-state index in [9.17, 15) is 25.2 Å². The smallest absolute Gasteiger partial charge is 0.330 e. The monoisotopic (exact) mass is 326 g/mol. The van der Waals surface area contributed by atoms with Crippen LogP contribution in [0.25, 0.3) is 6.08 Å². The average molecular weight is 326 g/mol. The minimum Gasteiger partial charge on any atom is -0.508 e. The van der Waals surface area contributed by atoms with Crippen molar-refractivity contribution in [2.24, 2.45) is 0 Å². The first-order valence-corrected chi connectivity index (χ1v) is 6.90. The summed E-state index contributed by atoms with van der Waals surface area (Å²) in [6.45, 7) is -0.402. The third-order valence-electron chi connectivity index (χ3n) is 3.38. The zero-order valence-electron chi connectivity index (χ0n) is 12.0. The van der Waals surface area contributed by atoms with Crippen LogP contribution in [0, 0.1) is 0 Å². The minimum atomic E-state index is -1.68. The van der Waals surface area contributed by atoms with E-state index in [1.54, 1.807) is 12.1 Å². The number of aliphatic hydroxyl groups excluding tert-OH is 4. The van der Waals surface area contributed by atoms with Gasteiger partial charge in [0.25, 0.3) is 0 Å². The summed E-state index contributed by atoms with van der Waals surface area (Å²) in [6, 6.07) is 6.12. The van der Waals surface area contributed by atoms with Gasteiger partial charge in [0.05, 0.1) is 0 Å². The molecule has 1 aromatic rings. The molecule has 8 heteroatoms. The number of hydrogen-bond donors (Lipinski definition) is 5. The molecule has 5 atom stereocenters. The Morgan fingerprint density at radius 2 is 1.74 bits per heavy atom. The van der Waals surface area contributed by atoms with Crippen LogP contribution < -0.4 is 0 Å². The van der Waals surface area contributed by atoms with Gasteiger partial charge < -0.3 is 35.0 Å². The van der Waals surface area contributed by atoms with Crippen molar-refractivity contribution in [2.45, 2.75) is 30.7 Å². The van der Waals surface area contributed by atoms with Crippen molar-refractivity contribution in [3.05, 3.63) is 35.9 Å². The number of rotatable bonds is 4. The number of phenols is 1. The number of benzene rings is 1. The lowest BCUT2D eigenvalue weighted by Gasteiger charge is -2.37. The van der Waals surface area contributed by atoms with Crippen molar-refractivity contribution in [1.82, 2.24) is 0 Å². The predicted octanol–water partition coefficient (Wildman–Crippen LogP) is -1.25. The van der Waals surface area contributed by atoms with E-state index in [0.717, 1.165) is 6.08 Å². The molecule has 5 N–H and O–H groups in total. The summed E-state index contributed by atoms with van der Waals surface area (Å²) >= 11 is 0. The highest BCUT2D eigenvalue weighted by Crippen LogP contribution is 2.20. The molecular formula is C15H18O8. The van der Waals surface area contributed by atoms with Crippen molar-refractivity contribution < 1.29 is 39.8 Å². The molecular weight excluding hydrogens is 308 g/mol. The molecule has 0 saturated carbocycles. The summed E-state index contributed by atoms with van der Waals surface area (Å²) in [6.07, 6.45) is -4.96. The molecule has 1 aliphatic rings. The van der Waals surface area contributed by atoms with Crippen LogP contribution in [0.2, 0.25) is 0 Å². The number of carbonyl (C=O) groups excluding carboxylic acids is 1. The normalized spacial score (nSPS) is 31.2. The largest absolute Gasteiger partial charge is 0.508 e. The van der Waals surface area contributed by atoms with Gasteiger partial charge in [0.1, 0.15) is 36.8 Å². The van der Waals surface area contributed by atoms with E-state index in [4.69, 9.17) is 14.6 Å². The van der Waals surface area contributed by atoms with E-state index in [-0.39, 0.29) is 5.75 Å². The maximum absolute atomic E-state index is 11.6. The number of aromatic hydroxyl groups is 1. The molecule has 8 nitrogen and oxygen atoms in total. The van der Waals surface area contributed by atoms with Gasteiger partial charge in [-0.15, -0.1) is 0 Å². The standard InChI is InChI=1S/C15H18O8/c16-9-4-1-8(2-5-9)3-6-11(17)22-7-10-12(18)13(19)14(20)15(21)23-10/h1-6,10,12-16,18-21H,7H2/b6-3+/t10-,12-,13+,14-,15-/m1/s1. The summed E-state index contributed by atoms with van der Waals surface area (Å²) in [4.78, 5) is 11.6. The van der Waals surface area contributed by atoms with Crippen molar-refractivity contribution in [3.63, 3.8) is 0 Å². The predicted molar refractivity (Wildman–Crippen MR) is 77.0 cm³/mol. The molecule has 0 unspecified atom stereocenters. The van der Waals surface area contributed by atoms with Crippen molar-refractivity contribution in [1.29, 1.82) is 0 Å². The van der Waals surface area contributed by atoms with Gasteiger partial charge in [0.2, 0.25) is 0 Å². The second kappa shape index (κ2) is 7.53. The molecule has 0 aromatic heterocycles. The number of ether oxygens (including phenoxy) is 2. The Labute approximate surface area is 131 Å². The lowest BCUT2D eigenvalue weighted by molar-refractivity contribution is -0.287. The Bertz CT molecular complexity index is 555. The fourth-order valence-electron chi connectivity index (χ4n) is 2.03. The van der Waals surface area contributed by atoms with E-state index < -0.39 is 43.3 Å². The van der Waals surface area contributed by atoms with Gasteiger partial charge in [0, 0.05) is 6.08 Å². The molecule has 0 aliphatic carbocycles. The maximum atomic E-state index is 11.6. The van der Waals surface area contributed by atoms with Crippen LogP contribution in [0.5, 0.6) is 5.75 Å². The maximum Gasteiger partial charge on any atom is 0.330 e. The van der Waals surface area contributed by atoms with Crippen LogP contribution >= 0.6 is 0 Å². The first kappa shape index (κ1) is 17.4. The quantitative estimate of drug-likeness (QED) is 0.342. The van der Waals surface area contributed by atoms with Gasteiger partial charge in [-0.25, -0.2) is 4.79 Å². The lowest BCUT2D eigenvalue weighted by Crippen LogP contribution is -2.58. The number of hydrogen-bond acceptors (Lipinski definition) is 8. The van der Waals surface area contributed by atoms with E-state index in [1.807, 2.05) is 0 Å². The van der Waals surface area contributed by atoms with Crippen molar-refractivity contribution in [2.75, 3.05) is 6.61 Å². The molecule has 0 spiro atoms. The first-order valence-electron chi connectivity index (χ1n) is 6.90. The molecule has 1 heterocycles. The molecule has 1 saturated heterocycles.